The van der Waals surface area contributed by atoms with Crippen LogP contribution in [-0.2, 0) is 31.5 Å². The third kappa shape index (κ3) is 7.28. The van der Waals surface area contributed by atoms with Gasteiger partial charge in [0.25, 0.3) is 5.56 Å². The standard InChI is InChI=1S/C24H38N8O2SSi/c1-25-22-23(27-21(35)15-18-9-8-10-20(26-18)29(2)3)30(4)32(24(22)33)16-19-11-12-31(28-19)17-34-13-14-36(5,6)7/h8-12,25H,13-17H2,1-7H3,(H,27,35). The molecule has 0 saturated carbocycles. The molecule has 0 unspecified atom stereocenters. The van der Waals surface area contributed by atoms with Gasteiger partial charge in [0.2, 0.25) is 0 Å². The molecular formula is C24H38N8O2SSi. The highest BCUT2D eigenvalue weighted by molar-refractivity contribution is 7.80. The van der Waals surface area contributed by atoms with Gasteiger partial charge < -0.3 is 20.3 Å². The molecule has 3 aromatic rings. The third-order valence-corrected chi connectivity index (χ3v) is 7.65. The van der Waals surface area contributed by atoms with Crippen molar-refractivity contribution in [3.05, 3.63) is 52.2 Å². The summed E-state index contributed by atoms with van der Waals surface area (Å²) in [6, 6.07) is 8.87. The lowest BCUT2D eigenvalue weighted by molar-refractivity contribution is 0.0782. The first-order chi connectivity index (χ1) is 17.0. The fourth-order valence-electron chi connectivity index (χ4n) is 3.60. The second kappa shape index (κ2) is 11.8. The number of nitrogens with one attached hydrogen (secondary N) is 2. The molecule has 0 amide bonds. The van der Waals surface area contributed by atoms with E-state index in [0.717, 1.165) is 29.9 Å². The van der Waals surface area contributed by atoms with E-state index < -0.39 is 8.07 Å². The molecule has 0 aromatic carbocycles. The van der Waals surface area contributed by atoms with Gasteiger partial charge >= 0.3 is 0 Å². The molecule has 0 aliphatic carbocycles. The molecule has 12 heteroatoms. The second-order valence-corrected chi connectivity index (χ2v) is 16.3. The largest absolute Gasteiger partial charge is 0.381 e. The Bertz CT molecular complexity index is 1240. The zero-order chi connectivity index (χ0) is 26.5. The maximum Gasteiger partial charge on any atom is 0.292 e. The summed E-state index contributed by atoms with van der Waals surface area (Å²) in [5, 5.41) is 10.8. The van der Waals surface area contributed by atoms with Crippen molar-refractivity contribution < 1.29 is 4.74 Å². The number of ether oxygens (including phenoxy) is 1. The van der Waals surface area contributed by atoms with Crippen molar-refractivity contribution in [2.45, 2.75) is 45.4 Å². The molecule has 196 valence electrons. The molecule has 3 rings (SSSR count). The van der Waals surface area contributed by atoms with Crippen LogP contribution in [-0.4, -0.2) is 64.9 Å². The van der Waals surface area contributed by atoms with E-state index in [2.05, 4.69) is 40.4 Å². The number of rotatable bonds is 12. The van der Waals surface area contributed by atoms with Gasteiger partial charge in [-0.1, -0.05) is 37.9 Å². The van der Waals surface area contributed by atoms with Gasteiger partial charge in [-0.05, 0) is 24.2 Å². The van der Waals surface area contributed by atoms with Crippen LogP contribution in [0.1, 0.15) is 11.4 Å². The van der Waals surface area contributed by atoms with Crippen LogP contribution in [0.2, 0.25) is 25.7 Å². The second-order valence-electron chi connectivity index (χ2n) is 10.2. The van der Waals surface area contributed by atoms with E-state index in [1.165, 1.54) is 0 Å². The van der Waals surface area contributed by atoms with Crippen LogP contribution in [0.4, 0.5) is 17.3 Å². The maximum atomic E-state index is 13.1. The highest BCUT2D eigenvalue weighted by Crippen LogP contribution is 2.19. The maximum absolute atomic E-state index is 13.1. The van der Waals surface area contributed by atoms with Gasteiger partial charge in [0.15, 0.2) is 5.82 Å². The quantitative estimate of drug-likeness (QED) is 0.209. The zero-order valence-corrected chi connectivity index (χ0v) is 24.1. The Morgan fingerprint density at radius 1 is 1.19 bits per heavy atom. The topological polar surface area (TPSA) is 94.2 Å². The molecule has 0 aliphatic rings. The van der Waals surface area contributed by atoms with E-state index in [1.54, 1.807) is 21.1 Å². The summed E-state index contributed by atoms with van der Waals surface area (Å²) in [7, 11) is 6.33. The Balaban J connectivity index is 1.69. The minimum Gasteiger partial charge on any atom is -0.381 e. The number of pyridine rings is 1. The minimum atomic E-state index is -1.12. The van der Waals surface area contributed by atoms with Gasteiger partial charge in [0, 0.05) is 61.2 Å². The van der Waals surface area contributed by atoms with Crippen LogP contribution < -0.4 is 21.1 Å². The fraction of sp³-hybridized carbons (Fsp3) is 0.500. The summed E-state index contributed by atoms with van der Waals surface area (Å²) in [5.41, 5.74) is 1.92. The Labute approximate surface area is 219 Å². The molecule has 0 spiro atoms. The summed E-state index contributed by atoms with van der Waals surface area (Å²) in [6.07, 6.45) is 2.33. The van der Waals surface area contributed by atoms with Crippen molar-refractivity contribution in [1.29, 1.82) is 0 Å². The molecule has 36 heavy (non-hydrogen) atoms. The molecule has 0 bridgehead atoms. The number of hydrogen-bond donors (Lipinski definition) is 2. The van der Waals surface area contributed by atoms with E-state index in [0.29, 0.717) is 36.2 Å². The predicted octanol–water partition coefficient (Wildman–Crippen LogP) is 3.23. The van der Waals surface area contributed by atoms with Crippen molar-refractivity contribution in [2.24, 2.45) is 7.05 Å². The summed E-state index contributed by atoms with van der Waals surface area (Å²) in [5.74, 6) is 1.47. The molecule has 0 radical (unpaired) electrons. The number of anilines is 3. The summed E-state index contributed by atoms with van der Waals surface area (Å²) in [4.78, 5) is 20.3. The Morgan fingerprint density at radius 3 is 2.61 bits per heavy atom. The Hall–Kier alpha value is -2.96. The molecule has 0 atom stereocenters. The van der Waals surface area contributed by atoms with Crippen molar-refractivity contribution in [3.8, 4) is 0 Å². The number of hydrogen-bond acceptors (Lipinski definition) is 7. The van der Waals surface area contributed by atoms with E-state index in [9.17, 15) is 4.79 Å². The van der Waals surface area contributed by atoms with Crippen molar-refractivity contribution >= 4 is 42.6 Å². The van der Waals surface area contributed by atoms with Gasteiger partial charge in [0.1, 0.15) is 18.2 Å². The first kappa shape index (κ1) is 27.6. The van der Waals surface area contributed by atoms with Crippen molar-refractivity contribution in [1.82, 2.24) is 24.1 Å². The normalized spacial score (nSPS) is 11.5. The lowest BCUT2D eigenvalue weighted by atomic mass is 10.2. The monoisotopic (exact) mass is 530 g/mol. The van der Waals surface area contributed by atoms with E-state index in [4.69, 9.17) is 17.0 Å². The van der Waals surface area contributed by atoms with Crippen LogP contribution in [0.3, 0.4) is 0 Å². The number of nitrogens with zero attached hydrogens (tertiary/aromatic N) is 6. The summed E-state index contributed by atoms with van der Waals surface area (Å²) in [6.45, 7) is 8.45. The van der Waals surface area contributed by atoms with Crippen LogP contribution in [0.15, 0.2) is 35.3 Å². The summed E-state index contributed by atoms with van der Waals surface area (Å²) >= 11 is 5.61. The van der Waals surface area contributed by atoms with E-state index in [1.807, 2.05) is 56.5 Å². The van der Waals surface area contributed by atoms with Gasteiger partial charge in [-0.3, -0.25) is 9.48 Å². The lowest BCUT2D eigenvalue weighted by Crippen LogP contribution is -2.24. The fourth-order valence-corrected chi connectivity index (χ4v) is 4.60. The molecule has 3 heterocycles. The molecular weight excluding hydrogens is 492 g/mol. The van der Waals surface area contributed by atoms with Crippen LogP contribution >= 0.6 is 12.2 Å². The Kier molecular flexibility index (Phi) is 9.09. The van der Waals surface area contributed by atoms with Crippen LogP contribution in [0.5, 0.6) is 0 Å². The third-order valence-electron chi connectivity index (χ3n) is 5.70. The average Bonchev–Trinajstić information content (AvgIpc) is 3.34. The highest BCUT2D eigenvalue weighted by atomic mass is 32.1. The molecule has 10 nitrogen and oxygen atoms in total. The van der Waals surface area contributed by atoms with E-state index >= 15 is 0 Å². The summed E-state index contributed by atoms with van der Waals surface area (Å²) < 4.78 is 10.9. The van der Waals surface area contributed by atoms with Gasteiger partial charge in [0.05, 0.1) is 17.2 Å². The molecule has 0 aliphatic heterocycles. The first-order valence-electron chi connectivity index (χ1n) is 12.0. The van der Waals surface area contributed by atoms with Gasteiger partial charge in [-0.25, -0.2) is 14.3 Å². The number of aromatic nitrogens is 5. The minimum absolute atomic E-state index is 0.154. The SMILES string of the molecule is CNc1c(NC(=S)Cc2cccc(N(C)C)n2)n(C)n(Cc2ccn(COCC[Si](C)(C)C)n2)c1=O. The van der Waals surface area contributed by atoms with Gasteiger partial charge in [-0.2, -0.15) is 5.10 Å². The van der Waals surface area contributed by atoms with Crippen LogP contribution in [0.25, 0.3) is 0 Å². The molecule has 2 N–H and O–H groups in total. The average molecular weight is 531 g/mol. The van der Waals surface area contributed by atoms with Crippen molar-refractivity contribution in [3.63, 3.8) is 0 Å². The predicted molar refractivity (Wildman–Crippen MR) is 153 cm³/mol. The van der Waals surface area contributed by atoms with Gasteiger partial charge in [-0.15, -0.1) is 0 Å². The zero-order valence-electron chi connectivity index (χ0n) is 22.3. The van der Waals surface area contributed by atoms with E-state index in [-0.39, 0.29) is 5.56 Å². The van der Waals surface area contributed by atoms with Crippen molar-refractivity contribution in [2.75, 3.05) is 43.3 Å². The lowest BCUT2D eigenvalue weighted by Gasteiger charge is -2.15. The highest BCUT2D eigenvalue weighted by Gasteiger charge is 2.19. The Morgan fingerprint density at radius 2 is 1.94 bits per heavy atom. The molecule has 0 fully saturated rings. The number of thiocarbonyl (C=S) groups is 1. The molecule has 0 saturated heterocycles. The smallest absolute Gasteiger partial charge is 0.292 e. The molecule has 3 aromatic heterocycles. The first-order valence-corrected chi connectivity index (χ1v) is 16.1. The van der Waals surface area contributed by atoms with Crippen LogP contribution in [0, 0.1) is 0 Å².